The van der Waals surface area contributed by atoms with Gasteiger partial charge in [-0.1, -0.05) is 28.1 Å². The number of halogens is 1. The highest BCUT2D eigenvalue weighted by atomic mass is 79.9. The molecule has 1 unspecified atom stereocenters. The summed E-state index contributed by atoms with van der Waals surface area (Å²) in [4.78, 5) is 2.04. The normalized spacial score (nSPS) is 12.4. The lowest BCUT2D eigenvalue weighted by atomic mass is 10.1. The molecule has 0 bridgehead atoms. The Morgan fingerprint density at radius 1 is 1.47 bits per heavy atom. The Hall–Kier alpha value is -0.930. The first-order valence-electron chi connectivity index (χ1n) is 6.19. The van der Waals surface area contributed by atoms with E-state index in [2.05, 4.69) is 22.0 Å². The molecule has 0 spiro atoms. The second kappa shape index (κ2) is 9.05. The Kier molecular flexibility index (Phi) is 7.68. The summed E-state index contributed by atoms with van der Waals surface area (Å²) in [7, 11) is 1.65. The number of nitriles is 1. The highest BCUT2D eigenvalue weighted by Crippen LogP contribution is 2.19. The van der Waals surface area contributed by atoms with Crippen molar-refractivity contribution in [2.45, 2.75) is 12.5 Å². The molecule has 0 aliphatic heterocycles. The lowest BCUT2D eigenvalue weighted by Gasteiger charge is -2.24. The third-order valence-corrected chi connectivity index (χ3v) is 3.31. The van der Waals surface area contributed by atoms with E-state index in [0.29, 0.717) is 32.7 Å². The average Bonchev–Trinajstić information content (AvgIpc) is 2.41. The number of aliphatic hydroxyl groups is 1. The SMILES string of the molecule is COCCN(CCC#N)CC(O)c1cccc(Br)c1. The Labute approximate surface area is 122 Å². The zero-order valence-electron chi connectivity index (χ0n) is 11.1. The molecule has 0 aromatic heterocycles. The minimum Gasteiger partial charge on any atom is -0.387 e. The molecule has 4 nitrogen and oxygen atoms in total. The molecule has 0 aliphatic rings. The highest BCUT2D eigenvalue weighted by Gasteiger charge is 2.13. The van der Waals surface area contributed by atoms with Gasteiger partial charge in [0.1, 0.15) is 0 Å². The van der Waals surface area contributed by atoms with Crippen LogP contribution in [0.5, 0.6) is 0 Å². The quantitative estimate of drug-likeness (QED) is 0.796. The predicted molar refractivity (Wildman–Crippen MR) is 77.6 cm³/mol. The number of aliphatic hydroxyl groups excluding tert-OH is 1. The number of ether oxygens (including phenoxy) is 1. The molecule has 104 valence electrons. The molecule has 1 rings (SSSR count). The summed E-state index contributed by atoms with van der Waals surface area (Å²) in [5, 5.41) is 18.9. The van der Waals surface area contributed by atoms with E-state index < -0.39 is 6.10 Å². The van der Waals surface area contributed by atoms with Gasteiger partial charge in [0.15, 0.2) is 0 Å². The van der Waals surface area contributed by atoms with Crippen LogP contribution in [0.25, 0.3) is 0 Å². The van der Waals surface area contributed by atoms with Crippen LogP contribution < -0.4 is 0 Å². The predicted octanol–water partition coefficient (Wildman–Crippen LogP) is 2.34. The molecule has 1 aromatic carbocycles. The maximum Gasteiger partial charge on any atom is 0.0917 e. The van der Waals surface area contributed by atoms with Crippen molar-refractivity contribution in [3.63, 3.8) is 0 Å². The fourth-order valence-electron chi connectivity index (χ4n) is 1.79. The standard InChI is InChI=1S/C14H19BrN2O2/c1-19-9-8-17(7-3-6-16)11-14(18)12-4-2-5-13(15)10-12/h2,4-5,10,14,18H,3,7-9,11H2,1H3. The Bertz CT molecular complexity index is 420. The van der Waals surface area contributed by atoms with Gasteiger partial charge in [-0.05, 0) is 17.7 Å². The van der Waals surface area contributed by atoms with Crippen molar-refractivity contribution in [2.75, 3.05) is 33.4 Å². The summed E-state index contributed by atoms with van der Waals surface area (Å²) in [5.41, 5.74) is 0.869. The number of hydrogen-bond acceptors (Lipinski definition) is 4. The maximum atomic E-state index is 10.2. The smallest absolute Gasteiger partial charge is 0.0917 e. The maximum absolute atomic E-state index is 10.2. The Morgan fingerprint density at radius 2 is 2.26 bits per heavy atom. The van der Waals surface area contributed by atoms with Gasteiger partial charge in [-0.15, -0.1) is 0 Å². The number of methoxy groups -OCH3 is 1. The van der Waals surface area contributed by atoms with Crippen molar-refractivity contribution >= 4 is 15.9 Å². The minimum atomic E-state index is -0.562. The van der Waals surface area contributed by atoms with Gasteiger partial charge < -0.3 is 9.84 Å². The fraction of sp³-hybridized carbons (Fsp3) is 0.500. The van der Waals surface area contributed by atoms with Crippen molar-refractivity contribution < 1.29 is 9.84 Å². The van der Waals surface area contributed by atoms with Crippen LogP contribution in [-0.4, -0.2) is 43.4 Å². The van der Waals surface area contributed by atoms with Gasteiger partial charge >= 0.3 is 0 Å². The van der Waals surface area contributed by atoms with Gasteiger partial charge in [0.25, 0.3) is 0 Å². The van der Waals surface area contributed by atoms with Gasteiger partial charge in [-0.3, -0.25) is 4.90 Å². The largest absolute Gasteiger partial charge is 0.387 e. The van der Waals surface area contributed by atoms with E-state index in [9.17, 15) is 5.11 Å². The molecule has 0 heterocycles. The molecule has 1 aromatic rings. The second-order valence-corrected chi connectivity index (χ2v) is 5.19. The van der Waals surface area contributed by atoms with E-state index in [1.54, 1.807) is 7.11 Å². The summed E-state index contributed by atoms with van der Waals surface area (Å²) >= 11 is 3.39. The van der Waals surface area contributed by atoms with Crippen LogP contribution in [0.15, 0.2) is 28.7 Å². The van der Waals surface area contributed by atoms with E-state index in [-0.39, 0.29) is 0 Å². The molecule has 1 N–H and O–H groups in total. The minimum absolute atomic E-state index is 0.453. The van der Waals surface area contributed by atoms with Crippen LogP contribution in [-0.2, 0) is 4.74 Å². The molecule has 0 fully saturated rings. The van der Waals surface area contributed by atoms with E-state index in [1.165, 1.54) is 0 Å². The first kappa shape index (κ1) is 16.1. The summed E-state index contributed by atoms with van der Waals surface area (Å²) in [6.07, 6.45) is -0.109. The van der Waals surface area contributed by atoms with Crippen molar-refractivity contribution in [3.8, 4) is 6.07 Å². The molecule has 0 saturated heterocycles. The third kappa shape index (κ3) is 6.17. The average molecular weight is 327 g/mol. The lowest BCUT2D eigenvalue weighted by Crippen LogP contribution is -2.32. The van der Waals surface area contributed by atoms with Crippen molar-refractivity contribution in [1.29, 1.82) is 5.26 Å². The second-order valence-electron chi connectivity index (χ2n) is 4.27. The third-order valence-electron chi connectivity index (χ3n) is 2.82. The first-order valence-corrected chi connectivity index (χ1v) is 6.98. The molecule has 5 heteroatoms. The number of nitrogens with zero attached hydrogens (tertiary/aromatic N) is 2. The molecule has 0 amide bonds. The fourth-order valence-corrected chi connectivity index (χ4v) is 2.20. The highest BCUT2D eigenvalue weighted by molar-refractivity contribution is 9.10. The molecule has 1 atom stereocenters. The van der Waals surface area contributed by atoms with Gasteiger partial charge in [-0.25, -0.2) is 0 Å². The molecular weight excluding hydrogens is 308 g/mol. The van der Waals surface area contributed by atoms with Gasteiger partial charge in [0.05, 0.1) is 18.8 Å². The lowest BCUT2D eigenvalue weighted by molar-refractivity contribution is 0.0901. The monoisotopic (exact) mass is 326 g/mol. The summed E-state index contributed by atoms with van der Waals surface area (Å²) in [5.74, 6) is 0. The molecule has 0 radical (unpaired) electrons. The van der Waals surface area contributed by atoms with Crippen LogP contribution in [0.1, 0.15) is 18.1 Å². The topological polar surface area (TPSA) is 56.5 Å². The zero-order chi connectivity index (χ0) is 14.1. The summed E-state index contributed by atoms with van der Waals surface area (Å²) in [6.45, 7) is 2.45. The van der Waals surface area contributed by atoms with Gasteiger partial charge in [0, 0.05) is 37.6 Å². The van der Waals surface area contributed by atoms with E-state index in [1.807, 2.05) is 29.2 Å². The van der Waals surface area contributed by atoms with Gasteiger partial charge in [-0.2, -0.15) is 5.26 Å². The van der Waals surface area contributed by atoms with Crippen LogP contribution in [0.3, 0.4) is 0 Å². The van der Waals surface area contributed by atoms with Crippen molar-refractivity contribution in [2.24, 2.45) is 0 Å². The van der Waals surface area contributed by atoms with Gasteiger partial charge in [0.2, 0.25) is 0 Å². The Balaban J connectivity index is 2.59. The molecule has 0 aliphatic carbocycles. The molecular formula is C14H19BrN2O2. The van der Waals surface area contributed by atoms with Crippen LogP contribution in [0.2, 0.25) is 0 Å². The van der Waals surface area contributed by atoms with Crippen LogP contribution in [0.4, 0.5) is 0 Å². The first-order chi connectivity index (χ1) is 9.17. The van der Waals surface area contributed by atoms with E-state index >= 15 is 0 Å². The number of hydrogen-bond donors (Lipinski definition) is 1. The summed E-state index contributed by atoms with van der Waals surface area (Å²) in [6, 6.07) is 9.75. The number of benzene rings is 1. The number of rotatable bonds is 8. The summed E-state index contributed by atoms with van der Waals surface area (Å²) < 4.78 is 5.99. The van der Waals surface area contributed by atoms with E-state index in [4.69, 9.17) is 10.00 Å². The zero-order valence-corrected chi connectivity index (χ0v) is 12.6. The van der Waals surface area contributed by atoms with Crippen LogP contribution >= 0.6 is 15.9 Å². The van der Waals surface area contributed by atoms with Crippen molar-refractivity contribution in [1.82, 2.24) is 4.90 Å². The van der Waals surface area contributed by atoms with E-state index in [0.717, 1.165) is 10.0 Å². The van der Waals surface area contributed by atoms with Crippen molar-refractivity contribution in [3.05, 3.63) is 34.3 Å². The molecule has 19 heavy (non-hydrogen) atoms. The Morgan fingerprint density at radius 3 is 2.89 bits per heavy atom. The van der Waals surface area contributed by atoms with Crippen LogP contribution in [0, 0.1) is 11.3 Å². The molecule has 0 saturated carbocycles.